The molecule has 16 heavy (non-hydrogen) atoms. The van der Waals surface area contributed by atoms with Crippen molar-refractivity contribution in [3.63, 3.8) is 0 Å². The minimum absolute atomic E-state index is 0.0360. The molecule has 0 radical (unpaired) electrons. The molecule has 1 N–H and O–H groups in total. The Morgan fingerprint density at radius 1 is 1.44 bits per heavy atom. The van der Waals surface area contributed by atoms with Crippen molar-refractivity contribution in [3.05, 3.63) is 17.8 Å². The number of rotatable bonds is 4. The average molecular weight is 221 g/mol. The highest BCUT2D eigenvalue weighted by Crippen LogP contribution is 2.24. The van der Waals surface area contributed by atoms with E-state index in [2.05, 4.69) is 22.0 Å². The quantitative estimate of drug-likeness (QED) is 0.839. The molecule has 1 saturated heterocycles. The Labute approximate surface area is 96.3 Å². The number of nitrogens with zero attached hydrogens (tertiary/aromatic N) is 3. The maximum Gasteiger partial charge on any atom is 0.151 e. The summed E-state index contributed by atoms with van der Waals surface area (Å²) in [5, 5.41) is 17.0. The van der Waals surface area contributed by atoms with Crippen molar-refractivity contribution in [2.45, 2.75) is 32.8 Å². The van der Waals surface area contributed by atoms with Crippen LogP contribution in [0, 0.1) is 5.92 Å². The van der Waals surface area contributed by atoms with E-state index < -0.39 is 0 Å². The Bertz CT molecular complexity index is 326. The molecule has 2 heterocycles. The summed E-state index contributed by atoms with van der Waals surface area (Å²) >= 11 is 0. The number of aliphatic hydroxyl groups excluding tert-OH is 1. The Morgan fingerprint density at radius 3 is 2.94 bits per heavy atom. The molecule has 0 aromatic carbocycles. The van der Waals surface area contributed by atoms with Crippen LogP contribution in [0.2, 0.25) is 0 Å². The first-order valence-corrected chi connectivity index (χ1v) is 6.02. The van der Waals surface area contributed by atoms with E-state index in [9.17, 15) is 0 Å². The molecule has 88 valence electrons. The highest BCUT2D eigenvalue weighted by molar-refractivity contribution is 5.38. The summed E-state index contributed by atoms with van der Waals surface area (Å²) in [6.07, 6.45) is 3.82. The largest absolute Gasteiger partial charge is 0.390 e. The second-order valence-electron chi connectivity index (χ2n) is 4.43. The SMILES string of the molecule is CCCC1CCN(c2ccc(CO)nn2)C1. The predicted octanol–water partition coefficient (Wildman–Crippen LogP) is 1.60. The van der Waals surface area contributed by atoms with E-state index in [0.29, 0.717) is 5.69 Å². The molecular weight excluding hydrogens is 202 g/mol. The molecule has 1 unspecified atom stereocenters. The van der Waals surface area contributed by atoms with Gasteiger partial charge >= 0.3 is 0 Å². The smallest absolute Gasteiger partial charge is 0.151 e. The van der Waals surface area contributed by atoms with Gasteiger partial charge in [0, 0.05) is 13.1 Å². The second-order valence-corrected chi connectivity index (χ2v) is 4.43. The Kier molecular flexibility index (Phi) is 3.72. The van der Waals surface area contributed by atoms with Gasteiger partial charge in [-0.1, -0.05) is 13.3 Å². The van der Waals surface area contributed by atoms with Crippen LogP contribution in [0.3, 0.4) is 0 Å². The molecule has 0 saturated carbocycles. The lowest BCUT2D eigenvalue weighted by Gasteiger charge is -2.16. The third-order valence-electron chi connectivity index (χ3n) is 3.17. The molecule has 1 aromatic heterocycles. The summed E-state index contributed by atoms with van der Waals surface area (Å²) in [6, 6.07) is 3.79. The van der Waals surface area contributed by atoms with Crippen LogP contribution in [-0.2, 0) is 6.61 Å². The molecule has 4 nitrogen and oxygen atoms in total. The standard InChI is InChI=1S/C12H19N3O/c1-2-3-10-6-7-15(8-10)12-5-4-11(9-16)13-14-12/h4-5,10,16H,2-3,6-9H2,1H3. The van der Waals surface area contributed by atoms with Gasteiger partial charge in [-0.2, -0.15) is 5.10 Å². The van der Waals surface area contributed by atoms with Crippen molar-refractivity contribution in [2.24, 2.45) is 5.92 Å². The van der Waals surface area contributed by atoms with Crippen LogP contribution in [0.4, 0.5) is 5.82 Å². The number of aliphatic hydroxyl groups is 1. The van der Waals surface area contributed by atoms with Crippen molar-refractivity contribution < 1.29 is 5.11 Å². The molecule has 1 fully saturated rings. The summed E-state index contributed by atoms with van der Waals surface area (Å²) in [5.41, 5.74) is 0.632. The van der Waals surface area contributed by atoms with E-state index in [-0.39, 0.29) is 6.61 Å². The van der Waals surface area contributed by atoms with Gasteiger partial charge < -0.3 is 10.0 Å². The van der Waals surface area contributed by atoms with Crippen LogP contribution in [0.15, 0.2) is 12.1 Å². The van der Waals surface area contributed by atoms with Gasteiger partial charge in [0.2, 0.25) is 0 Å². The molecule has 2 rings (SSSR count). The monoisotopic (exact) mass is 221 g/mol. The maximum atomic E-state index is 8.89. The van der Waals surface area contributed by atoms with E-state index in [4.69, 9.17) is 5.11 Å². The van der Waals surface area contributed by atoms with Crippen LogP contribution in [0.1, 0.15) is 31.9 Å². The van der Waals surface area contributed by atoms with E-state index >= 15 is 0 Å². The van der Waals surface area contributed by atoms with Crippen molar-refractivity contribution >= 4 is 5.82 Å². The molecular formula is C12H19N3O. The number of anilines is 1. The number of aromatic nitrogens is 2. The summed E-state index contributed by atoms with van der Waals surface area (Å²) in [4.78, 5) is 2.29. The molecule has 1 aliphatic heterocycles. The first-order chi connectivity index (χ1) is 7.83. The highest BCUT2D eigenvalue weighted by atomic mass is 16.3. The second kappa shape index (κ2) is 5.25. The van der Waals surface area contributed by atoms with Crippen molar-refractivity contribution in [2.75, 3.05) is 18.0 Å². The van der Waals surface area contributed by atoms with Crippen LogP contribution in [-0.4, -0.2) is 28.4 Å². The number of hydrogen-bond donors (Lipinski definition) is 1. The van der Waals surface area contributed by atoms with E-state index in [1.807, 2.05) is 12.1 Å². The zero-order valence-corrected chi connectivity index (χ0v) is 9.76. The zero-order chi connectivity index (χ0) is 11.4. The fraction of sp³-hybridized carbons (Fsp3) is 0.667. The molecule has 1 aromatic rings. The molecule has 0 aliphatic carbocycles. The Hall–Kier alpha value is -1.16. The van der Waals surface area contributed by atoms with Crippen LogP contribution in [0.5, 0.6) is 0 Å². The fourth-order valence-electron chi connectivity index (χ4n) is 2.29. The third-order valence-corrected chi connectivity index (χ3v) is 3.17. The average Bonchev–Trinajstić information content (AvgIpc) is 2.78. The van der Waals surface area contributed by atoms with Crippen LogP contribution in [0.25, 0.3) is 0 Å². The van der Waals surface area contributed by atoms with E-state index in [0.717, 1.165) is 24.8 Å². The van der Waals surface area contributed by atoms with Crippen LogP contribution < -0.4 is 4.90 Å². The van der Waals surface area contributed by atoms with Gasteiger partial charge in [-0.3, -0.25) is 0 Å². The van der Waals surface area contributed by atoms with Crippen molar-refractivity contribution in [1.29, 1.82) is 0 Å². The molecule has 4 heteroatoms. The van der Waals surface area contributed by atoms with E-state index in [1.54, 1.807) is 0 Å². The lowest BCUT2D eigenvalue weighted by molar-refractivity contribution is 0.275. The normalized spacial score (nSPS) is 20.4. The van der Waals surface area contributed by atoms with Gasteiger partial charge in [-0.15, -0.1) is 5.10 Å². The molecule has 0 bridgehead atoms. The lowest BCUT2D eigenvalue weighted by Crippen LogP contribution is -2.21. The van der Waals surface area contributed by atoms with Crippen LogP contribution >= 0.6 is 0 Å². The van der Waals surface area contributed by atoms with E-state index in [1.165, 1.54) is 19.3 Å². The molecule has 0 amide bonds. The fourth-order valence-corrected chi connectivity index (χ4v) is 2.29. The van der Waals surface area contributed by atoms with Crippen molar-refractivity contribution in [1.82, 2.24) is 10.2 Å². The minimum Gasteiger partial charge on any atom is -0.390 e. The first kappa shape index (κ1) is 11.3. The summed E-state index contributed by atoms with van der Waals surface area (Å²) in [7, 11) is 0. The Morgan fingerprint density at radius 2 is 2.31 bits per heavy atom. The van der Waals surface area contributed by atoms with Gasteiger partial charge in [0.1, 0.15) is 0 Å². The predicted molar refractivity (Wildman–Crippen MR) is 63.2 cm³/mol. The van der Waals surface area contributed by atoms with Gasteiger partial charge in [0.05, 0.1) is 12.3 Å². The molecule has 1 aliphatic rings. The van der Waals surface area contributed by atoms with Gasteiger partial charge in [0.25, 0.3) is 0 Å². The topological polar surface area (TPSA) is 49.2 Å². The minimum atomic E-state index is -0.0360. The van der Waals surface area contributed by atoms with Gasteiger partial charge in [0.15, 0.2) is 5.82 Å². The lowest BCUT2D eigenvalue weighted by atomic mass is 10.0. The molecule has 1 atom stereocenters. The molecule has 0 spiro atoms. The zero-order valence-electron chi connectivity index (χ0n) is 9.76. The summed E-state index contributed by atoms with van der Waals surface area (Å²) < 4.78 is 0. The summed E-state index contributed by atoms with van der Waals surface area (Å²) in [5.74, 6) is 1.75. The van der Waals surface area contributed by atoms with Gasteiger partial charge in [-0.05, 0) is 30.9 Å². The Balaban J connectivity index is 1.97. The van der Waals surface area contributed by atoms with Gasteiger partial charge in [-0.25, -0.2) is 0 Å². The van der Waals surface area contributed by atoms with Crippen molar-refractivity contribution in [3.8, 4) is 0 Å². The summed E-state index contributed by atoms with van der Waals surface area (Å²) in [6.45, 7) is 4.38. The maximum absolute atomic E-state index is 8.89. The number of hydrogen-bond acceptors (Lipinski definition) is 4. The third kappa shape index (κ3) is 2.50. The first-order valence-electron chi connectivity index (χ1n) is 6.02. The highest BCUT2D eigenvalue weighted by Gasteiger charge is 2.22.